The summed E-state index contributed by atoms with van der Waals surface area (Å²) in [5.74, 6) is 0.726. The molecule has 0 N–H and O–H groups in total. The van der Waals surface area contributed by atoms with Gasteiger partial charge in [-0.15, -0.1) is 0 Å². The van der Waals surface area contributed by atoms with Crippen LogP contribution in [0.4, 0.5) is 11.4 Å². The van der Waals surface area contributed by atoms with Gasteiger partial charge in [0.15, 0.2) is 5.69 Å². The highest BCUT2D eigenvalue weighted by atomic mass is 35.5. The maximum Gasteiger partial charge on any atom is 0.190 e. The number of anilines is 1. The van der Waals surface area contributed by atoms with E-state index >= 15 is 0 Å². The SMILES string of the molecule is [C-]#[N+]c1ccc(CN2CCN(c3ccc(C#N)cc3Cl)[C@H](c3ccc(Cl)cc3)C2)c(OC)c1. The zero-order valence-electron chi connectivity index (χ0n) is 18.1. The molecule has 0 aliphatic carbocycles. The Hall–Kier alpha value is -3.22. The fraction of sp³-hybridized carbons (Fsp3) is 0.231. The van der Waals surface area contributed by atoms with Gasteiger partial charge in [0.25, 0.3) is 0 Å². The van der Waals surface area contributed by atoms with Gasteiger partial charge in [0.05, 0.1) is 42.1 Å². The van der Waals surface area contributed by atoms with Crippen molar-refractivity contribution in [3.05, 3.63) is 98.8 Å². The second-order valence-corrected chi connectivity index (χ2v) is 8.73. The summed E-state index contributed by atoms with van der Waals surface area (Å²) in [4.78, 5) is 8.17. The molecule has 4 rings (SSSR count). The number of hydrogen-bond donors (Lipinski definition) is 0. The van der Waals surface area contributed by atoms with E-state index in [4.69, 9.17) is 34.5 Å². The lowest BCUT2D eigenvalue weighted by Gasteiger charge is -2.43. The summed E-state index contributed by atoms with van der Waals surface area (Å²) >= 11 is 12.7. The van der Waals surface area contributed by atoms with Crippen LogP contribution in [0.1, 0.15) is 22.7 Å². The van der Waals surface area contributed by atoms with Gasteiger partial charge in [0, 0.05) is 36.8 Å². The molecule has 1 saturated heterocycles. The minimum absolute atomic E-state index is 0.0509. The number of rotatable bonds is 5. The molecule has 1 atom stereocenters. The highest BCUT2D eigenvalue weighted by Crippen LogP contribution is 2.37. The van der Waals surface area contributed by atoms with E-state index in [1.807, 2.05) is 42.5 Å². The summed E-state index contributed by atoms with van der Waals surface area (Å²) in [5, 5.41) is 10.5. The van der Waals surface area contributed by atoms with E-state index in [9.17, 15) is 5.26 Å². The lowest BCUT2D eigenvalue weighted by Crippen LogP contribution is -2.48. The molecule has 33 heavy (non-hydrogen) atoms. The molecular weight excluding hydrogens is 455 g/mol. The molecular formula is C26H22Cl2N4O. The van der Waals surface area contributed by atoms with Crippen molar-refractivity contribution in [3.63, 3.8) is 0 Å². The Labute approximate surface area is 204 Å². The Balaban J connectivity index is 1.64. The molecule has 1 aliphatic heterocycles. The van der Waals surface area contributed by atoms with Crippen LogP contribution in [-0.4, -0.2) is 31.6 Å². The quantitative estimate of drug-likeness (QED) is 0.394. The first-order valence-corrected chi connectivity index (χ1v) is 11.3. The van der Waals surface area contributed by atoms with Crippen LogP contribution >= 0.6 is 23.2 Å². The first kappa shape index (κ1) is 23.0. The molecule has 7 heteroatoms. The van der Waals surface area contributed by atoms with Gasteiger partial charge in [0.1, 0.15) is 5.75 Å². The van der Waals surface area contributed by atoms with E-state index in [1.54, 1.807) is 25.3 Å². The molecule has 3 aromatic rings. The summed E-state index contributed by atoms with van der Waals surface area (Å²) in [7, 11) is 1.63. The fourth-order valence-corrected chi connectivity index (χ4v) is 4.64. The van der Waals surface area contributed by atoms with Crippen molar-refractivity contribution in [2.75, 3.05) is 31.6 Å². The van der Waals surface area contributed by atoms with Crippen molar-refractivity contribution in [2.45, 2.75) is 12.6 Å². The van der Waals surface area contributed by atoms with Crippen molar-refractivity contribution in [2.24, 2.45) is 0 Å². The van der Waals surface area contributed by atoms with Gasteiger partial charge in [-0.05, 0) is 42.0 Å². The molecule has 3 aromatic carbocycles. The van der Waals surface area contributed by atoms with Crippen molar-refractivity contribution >= 4 is 34.6 Å². The molecule has 0 unspecified atom stereocenters. The number of benzene rings is 3. The summed E-state index contributed by atoms with van der Waals surface area (Å²) in [5.41, 5.74) is 4.20. The van der Waals surface area contributed by atoms with Crippen LogP contribution in [0, 0.1) is 17.9 Å². The molecule has 0 radical (unpaired) electrons. The molecule has 1 aliphatic rings. The maximum atomic E-state index is 9.20. The lowest BCUT2D eigenvalue weighted by atomic mass is 10.00. The van der Waals surface area contributed by atoms with Crippen molar-refractivity contribution < 1.29 is 4.74 Å². The molecule has 0 bridgehead atoms. The molecule has 0 aromatic heterocycles. The summed E-state index contributed by atoms with van der Waals surface area (Å²) in [6, 6.07) is 21.1. The van der Waals surface area contributed by atoms with Crippen molar-refractivity contribution in [3.8, 4) is 11.8 Å². The van der Waals surface area contributed by atoms with E-state index in [0.29, 0.717) is 27.8 Å². The number of methoxy groups -OCH3 is 1. The minimum atomic E-state index is 0.0509. The smallest absolute Gasteiger partial charge is 0.190 e. The molecule has 0 saturated carbocycles. The first-order chi connectivity index (χ1) is 16.0. The maximum absolute atomic E-state index is 9.20. The van der Waals surface area contributed by atoms with Crippen LogP contribution in [-0.2, 0) is 6.54 Å². The van der Waals surface area contributed by atoms with E-state index in [0.717, 1.165) is 42.2 Å². The van der Waals surface area contributed by atoms with Crippen LogP contribution in [0.3, 0.4) is 0 Å². The second kappa shape index (κ2) is 10.1. The predicted molar refractivity (Wildman–Crippen MR) is 132 cm³/mol. The normalized spacial score (nSPS) is 16.2. The number of piperazine rings is 1. The second-order valence-electron chi connectivity index (χ2n) is 7.88. The van der Waals surface area contributed by atoms with E-state index in [-0.39, 0.29) is 6.04 Å². The van der Waals surface area contributed by atoms with Crippen LogP contribution in [0.25, 0.3) is 4.85 Å². The molecule has 0 amide bonds. The van der Waals surface area contributed by atoms with Crippen LogP contribution in [0.2, 0.25) is 10.0 Å². The van der Waals surface area contributed by atoms with Crippen molar-refractivity contribution in [1.82, 2.24) is 4.90 Å². The van der Waals surface area contributed by atoms with Gasteiger partial charge in [-0.3, -0.25) is 4.90 Å². The average molecular weight is 477 g/mol. The lowest BCUT2D eigenvalue weighted by molar-refractivity contribution is 0.213. The standard InChI is InChI=1S/C26H22Cl2N4O/c1-30-22-9-6-20(26(14-22)33-2)16-31-11-12-32(24-10-3-18(15-29)13-23(24)28)25(17-31)19-4-7-21(27)8-5-19/h3-10,13-14,25H,11-12,16-17H2,2H3/t25-/m0/s1. The van der Waals surface area contributed by atoms with Crippen LogP contribution in [0.5, 0.6) is 5.75 Å². The largest absolute Gasteiger partial charge is 0.498 e. The highest BCUT2D eigenvalue weighted by Gasteiger charge is 2.30. The van der Waals surface area contributed by atoms with Gasteiger partial charge < -0.3 is 9.64 Å². The summed E-state index contributed by atoms with van der Waals surface area (Å²) in [6.07, 6.45) is 0. The Morgan fingerprint density at radius 1 is 1.09 bits per heavy atom. The van der Waals surface area contributed by atoms with Crippen LogP contribution in [0.15, 0.2) is 60.7 Å². The van der Waals surface area contributed by atoms with E-state index < -0.39 is 0 Å². The zero-order chi connectivity index (χ0) is 23.4. The van der Waals surface area contributed by atoms with Crippen molar-refractivity contribution in [1.29, 1.82) is 5.26 Å². The highest BCUT2D eigenvalue weighted by molar-refractivity contribution is 6.33. The number of ether oxygens (including phenoxy) is 1. The zero-order valence-corrected chi connectivity index (χ0v) is 19.6. The Bertz CT molecular complexity index is 1230. The summed E-state index contributed by atoms with van der Waals surface area (Å²) in [6.45, 7) is 10.3. The fourth-order valence-electron chi connectivity index (χ4n) is 4.23. The van der Waals surface area contributed by atoms with Gasteiger partial charge in [-0.2, -0.15) is 5.26 Å². The molecule has 1 heterocycles. The van der Waals surface area contributed by atoms with Crippen LogP contribution < -0.4 is 9.64 Å². The third kappa shape index (κ3) is 5.07. The number of halogens is 2. The van der Waals surface area contributed by atoms with Gasteiger partial charge in [-0.1, -0.05) is 47.5 Å². The average Bonchev–Trinajstić information content (AvgIpc) is 2.85. The third-order valence-corrected chi connectivity index (χ3v) is 6.45. The van der Waals surface area contributed by atoms with Gasteiger partial charge >= 0.3 is 0 Å². The molecule has 166 valence electrons. The van der Waals surface area contributed by atoms with E-state index in [2.05, 4.69) is 20.7 Å². The Morgan fingerprint density at radius 2 is 1.88 bits per heavy atom. The Morgan fingerprint density at radius 3 is 2.55 bits per heavy atom. The van der Waals surface area contributed by atoms with Gasteiger partial charge in [-0.25, -0.2) is 4.85 Å². The van der Waals surface area contributed by atoms with Gasteiger partial charge in [0.2, 0.25) is 0 Å². The number of nitriles is 1. The molecule has 1 fully saturated rings. The number of nitrogens with zero attached hydrogens (tertiary/aromatic N) is 4. The minimum Gasteiger partial charge on any atom is -0.498 e. The first-order valence-electron chi connectivity index (χ1n) is 10.5. The molecule has 5 nitrogen and oxygen atoms in total. The Kier molecular flexibility index (Phi) is 7.06. The molecule has 0 spiro atoms. The third-order valence-electron chi connectivity index (χ3n) is 5.90. The topological polar surface area (TPSA) is 43.9 Å². The van der Waals surface area contributed by atoms with E-state index in [1.165, 1.54) is 0 Å². The monoisotopic (exact) mass is 476 g/mol. The summed E-state index contributed by atoms with van der Waals surface area (Å²) < 4.78 is 5.54. The predicted octanol–water partition coefficient (Wildman–Crippen LogP) is 6.49. The number of hydrogen-bond acceptors (Lipinski definition) is 4.